The number of hydrogen-bond acceptors (Lipinski definition) is 4. The highest BCUT2D eigenvalue weighted by atomic mass is 35.5. The molecule has 0 amide bonds. The van der Waals surface area contributed by atoms with Crippen LogP contribution < -0.4 is 5.32 Å². The SMILES string of the molecule is CNC(C)(C)c1nc(Cc2ccc(Cl)cc2)no1. The highest BCUT2D eigenvalue weighted by Gasteiger charge is 2.25. The third kappa shape index (κ3) is 2.89. The molecule has 0 saturated carbocycles. The highest BCUT2D eigenvalue weighted by molar-refractivity contribution is 6.30. The van der Waals surface area contributed by atoms with Gasteiger partial charge in [-0.3, -0.25) is 0 Å². The second-order valence-electron chi connectivity index (χ2n) is 4.69. The van der Waals surface area contributed by atoms with Gasteiger partial charge in [0.15, 0.2) is 5.82 Å². The summed E-state index contributed by atoms with van der Waals surface area (Å²) in [5.74, 6) is 1.27. The maximum Gasteiger partial charge on any atom is 0.246 e. The Hall–Kier alpha value is -1.39. The summed E-state index contributed by atoms with van der Waals surface area (Å²) in [7, 11) is 1.86. The summed E-state index contributed by atoms with van der Waals surface area (Å²) in [6.45, 7) is 3.99. The summed E-state index contributed by atoms with van der Waals surface area (Å²) in [4.78, 5) is 4.40. The quantitative estimate of drug-likeness (QED) is 0.924. The normalized spacial score (nSPS) is 11.8. The van der Waals surface area contributed by atoms with Crippen molar-refractivity contribution in [3.05, 3.63) is 46.6 Å². The zero-order valence-corrected chi connectivity index (χ0v) is 11.5. The van der Waals surface area contributed by atoms with Crippen molar-refractivity contribution in [1.29, 1.82) is 0 Å². The van der Waals surface area contributed by atoms with E-state index in [1.807, 2.05) is 45.2 Å². The van der Waals surface area contributed by atoms with E-state index in [0.29, 0.717) is 18.1 Å². The van der Waals surface area contributed by atoms with Gasteiger partial charge in [0.1, 0.15) is 0 Å². The van der Waals surface area contributed by atoms with Crippen molar-refractivity contribution in [2.24, 2.45) is 0 Å². The minimum atomic E-state index is -0.314. The molecule has 0 saturated heterocycles. The Kier molecular flexibility index (Phi) is 3.68. The standard InChI is InChI=1S/C13H16ClN3O/c1-13(2,15-3)12-16-11(17-18-12)8-9-4-6-10(14)7-5-9/h4-7,15H,8H2,1-3H3. The number of hydrogen-bond donors (Lipinski definition) is 1. The Morgan fingerprint density at radius 1 is 1.28 bits per heavy atom. The lowest BCUT2D eigenvalue weighted by Crippen LogP contribution is -2.33. The smallest absolute Gasteiger partial charge is 0.246 e. The third-order valence-electron chi connectivity index (χ3n) is 2.90. The van der Waals surface area contributed by atoms with E-state index in [2.05, 4.69) is 15.5 Å². The number of rotatable bonds is 4. The minimum Gasteiger partial charge on any atom is -0.337 e. The lowest BCUT2D eigenvalue weighted by atomic mass is 10.1. The minimum absolute atomic E-state index is 0.314. The molecule has 1 aromatic carbocycles. The number of nitrogens with zero attached hydrogens (tertiary/aromatic N) is 2. The summed E-state index contributed by atoms with van der Waals surface area (Å²) in [6.07, 6.45) is 0.639. The Balaban J connectivity index is 2.14. The molecule has 0 bridgehead atoms. The van der Waals surface area contributed by atoms with Crippen LogP contribution in [0.1, 0.15) is 31.1 Å². The van der Waals surface area contributed by atoms with Crippen molar-refractivity contribution in [2.75, 3.05) is 7.05 Å². The molecule has 0 fully saturated rings. The van der Waals surface area contributed by atoms with Gasteiger partial charge in [-0.1, -0.05) is 28.9 Å². The van der Waals surface area contributed by atoms with Crippen LogP contribution >= 0.6 is 11.6 Å². The van der Waals surface area contributed by atoms with Crippen LogP contribution in [0.4, 0.5) is 0 Å². The molecule has 0 atom stereocenters. The number of nitrogens with one attached hydrogen (secondary N) is 1. The van der Waals surface area contributed by atoms with Gasteiger partial charge in [0.2, 0.25) is 5.89 Å². The van der Waals surface area contributed by atoms with Gasteiger partial charge in [0.05, 0.1) is 5.54 Å². The third-order valence-corrected chi connectivity index (χ3v) is 3.16. The van der Waals surface area contributed by atoms with Crippen molar-refractivity contribution in [2.45, 2.75) is 25.8 Å². The molecule has 2 aromatic rings. The summed E-state index contributed by atoms with van der Waals surface area (Å²) in [6, 6.07) is 7.63. The number of benzene rings is 1. The van der Waals surface area contributed by atoms with Gasteiger partial charge in [-0.2, -0.15) is 4.98 Å². The second-order valence-corrected chi connectivity index (χ2v) is 5.13. The highest BCUT2D eigenvalue weighted by Crippen LogP contribution is 2.18. The zero-order chi connectivity index (χ0) is 13.2. The van der Waals surface area contributed by atoms with Crippen molar-refractivity contribution >= 4 is 11.6 Å². The second kappa shape index (κ2) is 5.08. The van der Waals surface area contributed by atoms with Gasteiger partial charge >= 0.3 is 0 Å². The van der Waals surface area contributed by atoms with E-state index in [-0.39, 0.29) is 5.54 Å². The molecular formula is C13H16ClN3O. The number of aromatic nitrogens is 2. The molecule has 0 radical (unpaired) electrons. The van der Waals surface area contributed by atoms with Gasteiger partial charge in [0, 0.05) is 11.4 Å². The Morgan fingerprint density at radius 3 is 2.56 bits per heavy atom. The first-order chi connectivity index (χ1) is 8.51. The van der Waals surface area contributed by atoms with Crippen LogP contribution in [-0.2, 0) is 12.0 Å². The van der Waals surface area contributed by atoms with Gasteiger partial charge in [0.25, 0.3) is 0 Å². The zero-order valence-electron chi connectivity index (χ0n) is 10.7. The van der Waals surface area contributed by atoms with Crippen LogP contribution in [0.15, 0.2) is 28.8 Å². The average Bonchev–Trinajstić information content (AvgIpc) is 2.81. The molecular weight excluding hydrogens is 250 g/mol. The summed E-state index contributed by atoms with van der Waals surface area (Å²) in [5.41, 5.74) is 0.791. The molecule has 1 heterocycles. The molecule has 5 heteroatoms. The van der Waals surface area contributed by atoms with E-state index in [1.54, 1.807) is 0 Å². The van der Waals surface area contributed by atoms with Gasteiger partial charge < -0.3 is 9.84 Å². The van der Waals surface area contributed by atoms with Gasteiger partial charge in [-0.25, -0.2) is 0 Å². The van der Waals surface area contributed by atoms with Crippen molar-refractivity contribution in [1.82, 2.24) is 15.5 Å². The maximum absolute atomic E-state index is 5.84. The molecule has 4 nitrogen and oxygen atoms in total. The van der Waals surface area contributed by atoms with Crippen LogP contribution in [0.25, 0.3) is 0 Å². The maximum atomic E-state index is 5.84. The van der Waals surface area contributed by atoms with Crippen LogP contribution in [0.5, 0.6) is 0 Å². The first-order valence-corrected chi connectivity index (χ1v) is 6.15. The molecule has 0 aliphatic rings. The van der Waals surface area contributed by atoms with E-state index >= 15 is 0 Å². The lowest BCUT2D eigenvalue weighted by molar-refractivity contribution is 0.279. The molecule has 2 rings (SSSR count). The average molecular weight is 266 g/mol. The van der Waals surface area contributed by atoms with Crippen LogP contribution in [0.3, 0.4) is 0 Å². The van der Waals surface area contributed by atoms with Crippen LogP contribution in [0.2, 0.25) is 5.02 Å². The molecule has 0 unspecified atom stereocenters. The Morgan fingerprint density at radius 2 is 1.94 bits per heavy atom. The number of halogens is 1. The topological polar surface area (TPSA) is 51.0 Å². The summed E-state index contributed by atoms with van der Waals surface area (Å²) >= 11 is 5.84. The van der Waals surface area contributed by atoms with Gasteiger partial charge in [-0.05, 0) is 38.6 Å². The van der Waals surface area contributed by atoms with Crippen LogP contribution in [-0.4, -0.2) is 17.2 Å². The van der Waals surface area contributed by atoms with E-state index in [1.165, 1.54) is 0 Å². The largest absolute Gasteiger partial charge is 0.337 e. The first-order valence-electron chi connectivity index (χ1n) is 5.77. The Bertz CT molecular complexity index is 519. The van der Waals surface area contributed by atoms with Crippen LogP contribution in [0, 0.1) is 0 Å². The predicted molar refractivity (Wildman–Crippen MR) is 70.6 cm³/mol. The Labute approximate surface area is 111 Å². The molecule has 1 aromatic heterocycles. The van der Waals surface area contributed by atoms with Crippen molar-refractivity contribution in [3.8, 4) is 0 Å². The molecule has 0 spiro atoms. The predicted octanol–water partition coefficient (Wildman–Crippen LogP) is 2.77. The molecule has 0 aliphatic carbocycles. The van der Waals surface area contributed by atoms with E-state index in [9.17, 15) is 0 Å². The molecule has 1 N–H and O–H groups in total. The fraction of sp³-hybridized carbons (Fsp3) is 0.385. The fourth-order valence-electron chi connectivity index (χ4n) is 1.47. The summed E-state index contributed by atoms with van der Waals surface area (Å²) < 4.78 is 5.27. The molecule has 96 valence electrons. The van der Waals surface area contributed by atoms with Gasteiger partial charge in [-0.15, -0.1) is 0 Å². The lowest BCUT2D eigenvalue weighted by Gasteiger charge is -2.17. The van der Waals surface area contributed by atoms with E-state index < -0.39 is 0 Å². The van der Waals surface area contributed by atoms with Crippen molar-refractivity contribution in [3.63, 3.8) is 0 Å². The van der Waals surface area contributed by atoms with E-state index in [0.717, 1.165) is 10.6 Å². The fourth-order valence-corrected chi connectivity index (χ4v) is 1.60. The first kappa shape index (κ1) is 13.1. The monoisotopic (exact) mass is 265 g/mol. The molecule has 0 aliphatic heterocycles. The molecule has 18 heavy (non-hydrogen) atoms. The van der Waals surface area contributed by atoms with Crippen molar-refractivity contribution < 1.29 is 4.52 Å². The van der Waals surface area contributed by atoms with E-state index in [4.69, 9.17) is 16.1 Å². The summed E-state index contributed by atoms with van der Waals surface area (Å²) in [5, 5.41) is 7.84.